The third-order valence-corrected chi connectivity index (χ3v) is 11.1. The first kappa shape index (κ1) is 31.5. The van der Waals surface area contributed by atoms with Crippen LogP contribution in [0.15, 0.2) is 72.3 Å². The largest absolute Gasteiger partial charge is 0.508 e. The van der Waals surface area contributed by atoms with Crippen LogP contribution in [0, 0.1) is 23.7 Å². The predicted octanol–water partition coefficient (Wildman–Crippen LogP) is 6.37. The van der Waals surface area contributed by atoms with Crippen molar-refractivity contribution in [1.29, 1.82) is 0 Å². The number of allylic oxidation sites excluding steroid dienone is 2. The van der Waals surface area contributed by atoms with Crippen molar-refractivity contribution in [3.05, 3.63) is 98.5 Å². The Balaban J connectivity index is 1.48. The number of amides is 4. The molecule has 4 aliphatic rings. The van der Waals surface area contributed by atoms with E-state index in [0.717, 1.165) is 5.01 Å². The molecule has 3 aromatic carbocycles. The summed E-state index contributed by atoms with van der Waals surface area (Å²) >= 11 is 19.1. The van der Waals surface area contributed by atoms with Crippen molar-refractivity contribution in [3.63, 3.8) is 0 Å². The maximum Gasteiger partial charge on any atom is 0.260 e. The Morgan fingerprint density at radius 3 is 2.30 bits per heavy atom. The quantitative estimate of drug-likeness (QED) is 0.228. The third-order valence-electron chi connectivity index (χ3n) is 10.3. The van der Waals surface area contributed by atoms with Crippen molar-refractivity contribution in [2.24, 2.45) is 23.7 Å². The number of phenols is 1. The van der Waals surface area contributed by atoms with Gasteiger partial charge in [-0.3, -0.25) is 29.5 Å². The number of halogens is 3. The van der Waals surface area contributed by atoms with Crippen molar-refractivity contribution in [2.75, 3.05) is 19.1 Å². The minimum Gasteiger partial charge on any atom is -0.508 e. The zero-order chi connectivity index (χ0) is 33.4. The number of imide groups is 2. The molecular formula is C35H30Cl3N3O6. The molecule has 6 unspecified atom stereocenters. The van der Waals surface area contributed by atoms with E-state index in [-0.39, 0.29) is 47.7 Å². The summed E-state index contributed by atoms with van der Waals surface area (Å²) in [5, 5.41) is 13.3. The normalized spacial score (nSPS) is 28.2. The molecule has 242 valence electrons. The maximum atomic E-state index is 15.2. The minimum absolute atomic E-state index is 0.116. The van der Waals surface area contributed by atoms with Gasteiger partial charge in [0.15, 0.2) is 0 Å². The molecule has 2 N–H and O–H groups in total. The predicted molar refractivity (Wildman–Crippen MR) is 176 cm³/mol. The van der Waals surface area contributed by atoms with E-state index in [0.29, 0.717) is 32.5 Å². The smallest absolute Gasteiger partial charge is 0.260 e. The van der Waals surface area contributed by atoms with Crippen LogP contribution >= 0.6 is 34.8 Å². The molecule has 2 heterocycles. The second-order valence-corrected chi connectivity index (χ2v) is 13.6. The Bertz CT molecular complexity index is 1880. The van der Waals surface area contributed by atoms with Crippen LogP contribution in [0.5, 0.6) is 11.5 Å². The van der Waals surface area contributed by atoms with Gasteiger partial charge in [-0.05, 0) is 79.8 Å². The fourth-order valence-corrected chi connectivity index (χ4v) is 8.95. The SMILES string of the molecule is CCN1C(=O)C2CC=C3C(CC4C(=O)N(Nc5ccc(Cl)cc5Cl)C(=O)C4(c4ccc(OC)cc4)C3c3cc(Cl)ccc3O)C2C1=O. The number of phenolic OH excluding ortho intramolecular Hbond substituents is 1. The number of anilines is 1. The monoisotopic (exact) mass is 693 g/mol. The Hall–Kier alpha value is -4.05. The second-order valence-electron chi connectivity index (χ2n) is 12.3. The molecule has 3 aromatic rings. The molecule has 2 saturated heterocycles. The van der Waals surface area contributed by atoms with E-state index in [1.165, 1.54) is 24.1 Å². The summed E-state index contributed by atoms with van der Waals surface area (Å²) < 4.78 is 5.42. The molecule has 0 radical (unpaired) electrons. The summed E-state index contributed by atoms with van der Waals surface area (Å²) in [7, 11) is 1.53. The first-order valence-corrected chi connectivity index (χ1v) is 16.4. The lowest BCUT2D eigenvalue weighted by Crippen LogP contribution is -2.53. The summed E-state index contributed by atoms with van der Waals surface area (Å²) in [5.74, 6) is -4.98. The lowest BCUT2D eigenvalue weighted by atomic mass is 9.49. The average Bonchev–Trinajstić information content (AvgIpc) is 3.43. The van der Waals surface area contributed by atoms with E-state index in [1.807, 2.05) is 6.08 Å². The number of carbonyl (C=O) groups excluding carboxylic acids is 4. The van der Waals surface area contributed by atoms with Crippen molar-refractivity contribution in [2.45, 2.75) is 31.1 Å². The molecule has 3 fully saturated rings. The molecule has 2 aliphatic carbocycles. The molecular weight excluding hydrogens is 665 g/mol. The molecule has 47 heavy (non-hydrogen) atoms. The van der Waals surface area contributed by atoms with E-state index in [1.54, 1.807) is 55.5 Å². The van der Waals surface area contributed by atoms with Crippen LogP contribution < -0.4 is 10.2 Å². The van der Waals surface area contributed by atoms with Gasteiger partial charge >= 0.3 is 0 Å². The lowest BCUT2D eigenvalue weighted by Gasteiger charge is -2.50. The topological polar surface area (TPSA) is 116 Å². The molecule has 12 heteroatoms. The van der Waals surface area contributed by atoms with Crippen molar-refractivity contribution < 1.29 is 29.0 Å². The van der Waals surface area contributed by atoms with Crippen LogP contribution in [0.3, 0.4) is 0 Å². The number of nitrogens with one attached hydrogen (secondary N) is 1. The Kier molecular flexibility index (Phi) is 7.77. The number of hydrogen-bond donors (Lipinski definition) is 2. The van der Waals surface area contributed by atoms with Crippen LogP contribution in [0.2, 0.25) is 15.1 Å². The van der Waals surface area contributed by atoms with Gasteiger partial charge in [0.05, 0.1) is 41.0 Å². The number of hydrogen-bond acceptors (Lipinski definition) is 7. The number of carbonyl (C=O) groups is 4. The number of ether oxygens (including phenoxy) is 1. The average molecular weight is 695 g/mol. The van der Waals surface area contributed by atoms with Crippen LogP contribution in [0.25, 0.3) is 0 Å². The summed E-state index contributed by atoms with van der Waals surface area (Å²) in [4.78, 5) is 58.3. The molecule has 6 atom stereocenters. The van der Waals surface area contributed by atoms with Crippen molar-refractivity contribution >= 4 is 64.1 Å². The number of aromatic hydroxyl groups is 1. The van der Waals surface area contributed by atoms with E-state index >= 15 is 4.79 Å². The van der Waals surface area contributed by atoms with Gasteiger partial charge in [0.2, 0.25) is 11.8 Å². The summed E-state index contributed by atoms with van der Waals surface area (Å²) in [6, 6.07) is 16.2. The molecule has 0 aromatic heterocycles. The number of methoxy groups -OCH3 is 1. The number of benzene rings is 3. The lowest BCUT2D eigenvalue weighted by molar-refractivity contribution is -0.141. The zero-order valence-corrected chi connectivity index (χ0v) is 27.6. The fourth-order valence-electron chi connectivity index (χ4n) is 8.32. The van der Waals surface area contributed by atoms with Crippen molar-refractivity contribution in [1.82, 2.24) is 9.91 Å². The van der Waals surface area contributed by atoms with Crippen LogP contribution in [0.4, 0.5) is 5.69 Å². The van der Waals surface area contributed by atoms with Gasteiger partial charge in [-0.1, -0.05) is 58.6 Å². The molecule has 7 rings (SSSR count). The molecule has 0 bridgehead atoms. The number of rotatable bonds is 6. The Labute approximate surface area is 286 Å². The van der Waals surface area contributed by atoms with Gasteiger partial charge in [-0.25, -0.2) is 0 Å². The number of likely N-dealkylation sites (tertiary alicyclic amines) is 1. The molecule has 0 spiro atoms. The Morgan fingerprint density at radius 2 is 1.62 bits per heavy atom. The molecule has 4 amide bonds. The molecule has 1 saturated carbocycles. The van der Waals surface area contributed by atoms with Crippen LogP contribution in [-0.2, 0) is 24.6 Å². The van der Waals surface area contributed by atoms with E-state index in [9.17, 15) is 19.5 Å². The second kappa shape index (κ2) is 11.6. The first-order valence-electron chi connectivity index (χ1n) is 15.3. The number of nitrogens with zero attached hydrogens (tertiary/aromatic N) is 2. The van der Waals surface area contributed by atoms with E-state index < -0.39 is 46.8 Å². The minimum atomic E-state index is -1.59. The number of fused-ring (bicyclic) bond motifs is 4. The number of hydrazine groups is 1. The standard InChI is InChI=1S/C35H30Cl3N3O6/c1-3-40-31(43)22-11-10-21-23(29(22)33(40)45)16-25-32(44)41(39-27-12-6-19(37)15-26(27)38)34(46)35(25,17-4-8-20(47-2)9-5-17)30(21)24-14-18(36)7-13-28(24)42/h4-10,12-15,22-23,25,29-30,39,42H,3,11,16H2,1-2H3. The van der Waals surface area contributed by atoms with E-state index in [4.69, 9.17) is 39.5 Å². The highest BCUT2D eigenvalue weighted by molar-refractivity contribution is 6.36. The van der Waals surface area contributed by atoms with Crippen LogP contribution in [-0.4, -0.2) is 52.3 Å². The molecule has 9 nitrogen and oxygen atoms in total. The van der Waals surface area contributed by atoms with Crippen LogP contribution in [0.1, 0.15) is 36.8 Å². The van der Waals surface area contributed by atoms with Gasteiger partial charge in [0.25, 0.3) is 11.8 Å². The highest BCUT2D eigenvalue weighted by Gasteiger charge is 2.70. The van der Waals surface area contributed by atoms with Crippen molar-refractivity contribution in [3.8, 4) is 11.5 Å². The highest BCUT2D eigenvalue weighted by Crippen LogP contribution is 2.65. The van der Waals surface area contributed by atoms with E-state index in [2.05, 4.69) is 5.43 Å². The van der Waals surface area contributed by atoms with Gasteiger partial charge in [-0.2, -0.15) is 5.01 Å². The Morgan fingerprint density at radius 1 is 0.915 bits per heavy atom. The first-order chi connectivity index (χ1) is 22.5. The summed E-state index contributed by atoms with van der Waals surface area (Å²) in [5.41, 5.74) is 3.21. The summed E-state index contributed by atoms with van der Waals surface area (Å²) in [6.45, 7) is 2.00. The van der Waals surface area contributed by atoms with Gasteiger partial charge < -0.3 is 9.84 Å². The van der Waals surface area contributed by atoms with Gasteiger partial charge in [0, 0.05) is 28.1 Å². The maximum absolute atomic E-state index is 15.2. The third kappa shape index (κ3) is 4.58. The summed E-state index contributed by atoms with van der Waals surface area (Å²) in [6.07, 6.45) is 2.32. The van der Waals surface area contributed by atoms with Gasteiger partial charge in [-0.15, -0.1) is 0 Å². The zero-order valence-electron chi connectivity index (χ0n) is 25.4. The van der Waals surface area contributed by atoms with Gasteiger partial charge in [0.1, 0.15) is 11.5 Å². The fraction of sp³-hybridized carbons (Fsp3) is 0.314. The highest BCUT2D eigenvalue weighted by atomic mass is 35.5. The molecule has 2 aliphatic heterocycles.